The van der Waals surface area contributed by atoms with Crippen molar-refractivity contribution in [2.75, 3.05) is 30.7 Å². The second kappa shape index (κ2) is 4.27. The molecule has 5 nitrogen and oxygen atoms in total. The van der Waals surface area contributed by atoms with Crippen LogP contribution in [0, 0.1) is 6.07 Å². The number of rotatable bonds is 2. The van der Waals surface area contributed by atoms with Gasteiger partial charge in [0.05, 0.1) is 11.4 Å². The van der Waals surface area contributed by atoms with E-state index in [1.54, 1.807) is 19.5 Å². The van der Waals surface area contributed by atoms with Gasteiger partial charge < -0.3 is 9.64 Å². The molecule has 2 heterocycles. The third-order valence-electron chi connectivity index (χ3n) is 2.96. The van der Waals surface area contributed by atoms with Gasteiger partial charge in [-0.15, -0.1) is 0 Å². The Balaban J connectivity index is 2.20. The van der Waals surface area contributed by atoms with Crippen molar-refractivity contribution in [2.45, 2.75) is 0 Å². The maximum absolute atomic E-state index is 5.26. The zero-order chi connectivity index (χ0) is 12.5. The van der Waals surface area contributed by atoms with E-state index in [9.17, 15) is 0 Å². The Morgan fingerprint density at radius 2 is 2.00 bits per heavy atom. The van der Waals surface area contributed by atoms with E-state index < -0.39 is 0 Å². The number of hydrogen-bond donors (Lipinski definition) is 0. The van der Waals surface area contributed by atoms with Crippen molar-refractivity contribution in [3.05, 3.63) is 36.7 Å². The lowest BCUT2D eigenvalue weighted by Gasteiger charge is -2.35. The minimum Gasteiger partial charge on any atom is -0.364 e. The van der Waals surface area contributed by atoms with E-state index in [1.165, 1.54) is 0 Å². The van der Waals surface area contributed by atoms with Crippen molar-refractivity contribution in [1.29, 1.82) is 0 Å². The molecule has 18 heavy (non-hydrogen) atoms. The maximum Gasteiger partial charge on any atom is 0.178 e. The van der Waals surface area contributed by atoms with Gasteiger partial charge >= 0.3 is 0 Å². The van der Waals surface area contributed by atoms with Crippen LogP contribution in [0.25, 0.3) is 0 Å². The molecule has 0 atom stereocenters. The first kappa shape index (κ1) is 11.0. The fraction of sp³-hybridized carbons (Fsp3) is 0.231. The number of benzene rings is 1. The van der Waals surface area contributed by atoms with Crippen molar-refractivity contribution in [2.24, 2.45) is 0 Å². The fourth-order valence-electron chi connectivity index (χ4n) is 2.15. The Morgan fingerprint density at radius 3 is 2.78 bits per heavy atom. The zero-order valence-electron chi connectivity index (χ0n) is 10.3. The number of fused-ring (bicyclic) bond motifs is 2. The number of nitrogens with zero attached hydrogens (tertiary/aromatic N) is 4. The standard InChI is InChI=1S/C13H13N4O/c1-16-10-5-3-4-6-11(10)17(9-18-2)13-12(16)14-7-8-15-13/h3,5-8H,9H2,1-2H3. The van der Waals surface area contributed by atoms with E-state index in [2.05, 4.69) is 16.0 Å². The molecule has 0 saturated heterocycles. The van der Waals surface area contributed by atoms with Gasteiger partial charge in [-0.25, -0.2) is 9.97 Å². The summed E-state index contributed by atoms with van der Waals surface area (Å²) in [5.41, 5.74) is 2.09. The highest BCUT2D eigenvalue weighted by Crippen LogP contribution is 2.43. The fourth-order valence-corrected chi connectivity index (χ4v) is 2.15. The van der Waals surface area contributed by atoms with Crippen LogP contribution in [0.15, 0.2) is 30.6 Å². The second-order valence-corrected chi connectivity index (χ2v) is 4.02. The maximum atomic E-state index is 5.26. The van der Waals surface area contributed by atoms with E-state index in [1.807, 2.05) is 35.0 Å². The van der Waals surface area contributed by atoms with Gasteiger partial charge in [-0.05, 0) is 18.2 Å². The smallest absolute Gasteiger partial charge is 0.178 e. The summed E-state index contributed by atoms with van der Waals surface area (Å²) in [6.45, 7) is 0.435. The second-order valence-electron chi connectivity index (χ2n) is 4.02. The number of aromatic nitrogens is 2. The summed E-state index contributed by atoms with van der Waals surface area (Å²) in [6, 6.07) is 8.92. The number of hydrogen-bond acceptors (Lipinski definition) is 5. The SMILES string of the molecule is COCN1c2c[c]ccc2N(C)c2nccnc21. The molecule has 1 aromatic carbocycles. The van der Waals surface area contributed by atoms with E-state index in [4.69, 9.17) is 4.74 Å². The Bertz CT molecular complexity index is 525. The summed E-state index contributed by atoms with van der Waals surface area (Å²) in [7, 11) is 3.65. The molecule has 0 fully saturated rings. The first-order valence-corrected chi connectivity index (χ1v) is 5.64. The van der Waals surface area contributed by atoms with E-state index in [0.29, 0.717) is 6.73 Å². The molecule has 1 radical (unpaired) electrons. The topological polar surface area (TPSA) is 41.5 Å². The monoisotopic (exact) mass is 241 g/mol. The third kappa shape index (κ3) is 1.52. The van der Waals surface area contributed by atoms with Crippen molar-refractivity contribution in [1.82, 2.24) is 9.97 Å². The lowest BCUT2D eigenvalue weighted by molar-refractivity contribution is 0.205. The Labute approximate surface area is 106 Å². The minimum absolute atomic E-state index is 0.435. The number of ether oxygens (including phenoxy) is 1. The Morgan fingerprint density at radius 1 is 1.22 bits per heavy atom. The van der Waals surface area contributed by atoms with Gasteiger partial charge in [-0.1, -0.05) is 6.07 Å². The normalized spacial score (nSPS) is 13.2. The molecule has 2 aromatic rings. The van der Waals surface area contributed by atoms with Gasteiger partial charge in [-0.2, -0.15) is 0 Å². The van der Waals surface area contributed by atoms with Gasteiger partial charge in [-0.3, -0.25) is 4.90 Å². The summed E-state index contributed by atoms with van der Waals surface area (Å²) >= 11 is 0. The van der Waals surface area contributed by atoms with Gasteiger partial charge in [0.1, 0.15) is 6.73 Å². The molecule has 0 amide bonds. The van der Waals surface area contributed by atoms with Gasteiger partial charge in [0.2, 0.25) is 0 Å². The predicted molar refractivity (Wildman–Crippen MR) is 69.4 cm³/mol. The summed E-state index contributed by atoms with van der Waals surface area (Å²) in [5.74, 6) is 1.63. The first-order chi connectivity index (χ1) is 8.83. The molecule has 0 bridgehead atoms. The average Bonchev–Trinajstić information content (AvgIpc) is 2.43. The molecule has 0 saturated carbocycles. The third-order valence-corrected chi connectivity index (χ3v) is 2.96. The van der Waals surface area contributed by atoms with Crippen LogP contribution in [-0.2, 0) is 4.74 Å². The van der Waals surface area contributed by atoms with Crippen LogP contribution in [0.5, 0.6) is 0 Å². The molecule has 1 aliphatic heterocycles. The summed E-state index contributed by atoms with van der Waals surface area (Å²) in [4.78, 5) is 12.8. The zero-order valence-corrected chi connectivity index (χ0v) is 10.3. The van der Waals surface area contributed by atoms with Crippen LogP contribution in [0.2, 0.25) is 0 Å². The lowest BCUT2D eigenvalue weighted by Crippen LogP contribution is -2.30. The number of methoxy groups -OCH3 is 1. The summed E-state index contributed by atoms with van der Waals surface area (Å²) in [5, 5.41) is 0. The molecule has 1 aromatic heterocycles. The largest absolute Gasteiger partial charge is 0.364 e. The molecule has 3 rings (SSSR count). The Hall–Kier alpha value is -2.14. The van der Waals surface area contributed by atoms with E-state index in [-0.39, 0.29) is 0 Å². The van der Waals surface area contributed by atoms with Crippen molar-refractivity contribution >= 4 is 23.0 Å². The van der Waals surface area contributed by atoms with E-state index in [0.717, 1.165) is 23.0 Å². The molecule has 5 heteroatoms. The molecular weight excluding hydrogens is 228 g/mol. The van der Waals surface area contributed by atoms with Crippen LogP contribution < -0.4 is 9.80 Å². The lowest BCUT2D eigenvalue weighted by atomic mass is 10.2. The van der Waals surface area contributed by atoms with Crippen molar-refractivity contribution in [3.8, 4) is 0 Å². The molecule has 0 aliphatic carbocycles. The van der Waals surface area contributed by atoms with Crippen LogP contribution in [-0.4, -0.2) is 30.9 Å². The summed E-state index contributed by atoms with van der Waals surface area (Å²) < 4.78 is 5.26. The molecule has 0 unspecified atom stereocenters. The highest BCUT2D eigenvalue weighted by molar-refractivity contribution is 5.89. The van der Waals surface area contributed by atoms with Gasteiger partial charge in [0.15, 0.2) is 11.6 Å². The van der Waals surface area contributed by atoms with Gasteiger partial charge in [0, 0.05) is 26.6 Å². The minimum atomic E-state index is 0.435. The Kier molecular flexibility index (Phi) is 2.60. The summed E-state index contributed by atoms with van der Waals surface area (Å²) in [6.07, 6.45) is 3.38. The molecule has 0 spiro atoms. The van der Waals surface area contributed by atoms with Crippen LogP contribution in [0.4, 0.5) is 23.0 Å². The van der Waals surface area contributed by atoms with E-state index >= 15 is 0 Å². The van der Waals surface area contributed by atoms with Crippen molar-refractivity contribution < 1.29 is 4.74 Å². The molecular formula is C13H13N4O. The molecule has 91 valence electrons. The van der Waals surface area contributed by atoms with Gasteiger partial charge in [0.25, 0.3) is 0 Å². The van der Waals surface area contributed by atoms with Crippen LogP contribution in [0.1, 0.15) is 0 Å². The highest BCUT2D eigenvalue weighted by Gasteiger charge is 2.27. The quantitative estimate of drug-likeness (QED) is 0.805. The van der Waals surface area contributed by atoms with Crippen LogP contribution >= 0.6 is 0 Å². The average molecular weight is 241 g/mol. The first-order valence-electron chi connectivity index (χ1n) is 5.64. The van der Waals surface area contributed by atoms with Crippen LogP contribution in [0.3, 0.4) is 0 Å². The highest BCUT2D eigenvalue weighted by atomic mass is 16.5. The number of anilines is 4. The van der Waals surface area contributed by atoms with Crippen molar-refractivity contribution in [3.63, 3.8) is 0 Å². The predicted octanol–water partition coefficient (Wildman–Crippen LogP) is 2.10. The molecule has 0 N–H and O–H groups in total. The molecule has 1 aliphatic rings.